The summed E-state index contributed by atoms with van der Waals surface area (Å²) in [6, 6.07) is 8.85. The maximum atomic E-state index is 13.4. The van der Waals surface area contributed by atoms with Crippen LogP contribution in [0, 0.1) is 30.3 Å². The average Bonchev–Trinajstić information content (AvgIpc) is 3.58. The molecular formula is C24H20F3N5O2. The number of amides is 2. The first-order valence-electron chi connectivity index (χ1n) is 10.7. The van der Waals surface area contributed by atoms with E-state index in [9.17, 15) is 22.8 Å². The third kappa shape index (κ3) is 3.81. The van der Waals surface area contributed by atoms with Crippen LogP contribution in [0.25, 0.3) is 22.2 Å². The summed E-state index contributed by atoms with van der Waals surface area (Å²) in [5.41, 5.74) is 3.91. The van der Waals surface area contributed by atoms with Crippen LogP contribution in [-0.4, -0.2) is 45.0 Å². The van der Waals surface area contributed by atoms with Crippen molar-refractivity contribution in [2.75, 3.05) is 18.4 Å². The van der Waals surface area contributed by atoms with Gasteiger partial charge in [-0.3, -0.25) is 14.7 Å². The van der Waals surface area contributed by atoms with E-state index in [4.69, 9.17) is 0 Å². The number of likely N-dealkylation sites (tertiary alicyclic amines) is 1. The molecular weight excluding hydrogens is 447 g/mol. The Balaban J connectivity index is 1.27. The number of hydrogen-bond acceptors (Lipinski definition) is 3. The predicted octanol–water partition coefficient (Wildman–Crippen LogP) is 4.38. The van der Waals surface area contributed by atoms with Gasteiger partial charge in [0.25, 0.3) is 5.91 Å². The summed E-state index contributed by atoms with van der Waals surface area (Å²) in [5.74, 6) is -5.66. The number of anilines is 1. The Hall–Kier alpha value is -4.08. The Morgan fingerprint density at radius 1 is 1.12 bits per heavy atom. The Morgan fingerprint density at radius 3 is 2.65 bits per heavy atom. The smallest absolute Gasteiger partial charge is 0.270 e. The molecule has 3 N–H and O–H groups in total. The zero-order chi connectivity index (χ0) is 24.0. The number of carbonyl (C=O) groups is 2. The standard InChI is InChI=1S/C24H20F3N5O2/c1-12-15(2-3-20-16(12)10-28-31-20)19-4-5-21(30-19)24(34)32-7-6-13(11-32)23(33)29-14-8-17(25)22(27)18(26)9-14/h2-5,8-10,13,30H,6-7,11H2,1H3,(H,28,31)(H,29,33)/t13-/m0/s1. The van der Waals surface area contributed by atoms with E-state index in [-0.39, 0.29) is 18.1 Å². The molecule has 0 bridgehead atoms. The molecule has 2 aromatic heterocycles. The van der Waals surface area contributed by atoms with Crippen LogP contribution < -0.4 is 5.32 Å². The molecule has 1 saturated heterocycles. The van der Waals surface area contributed by atoms with Crippen molar-refractivity contribution in [1.82, 2.24) is 20.1 Å². The minimum Gasteiger partial charge on any atom is -0.351 e. The van der Waals surface area contributed by atoms with Crippen LogP contribution in [0.15, 0.2) is 42.6 Å². The van der Waals surface area contributed by atoms with Gasteiger partial charge in [-0.15, -0.1) is 0 Å². The highest BCUT2D eigenvalue weighted by Crippen LogP contribution is 2.29. The fourth-order valence-corrected chi connectivity index (χ4v) is 4.33. The number of fused-ring (bicyclic) bond motifs is 1. The van der Waals surface area contributed by atoms with Crippen molar-refractivity contribution in [2.45, 2.75) is 13.3 Å². The largest absolute Gasteiger partial charge is 0.351 e. The van der Waals surface area contributed by atoms with E-state index in [1.807, 2.05) is 25.1 Å². The Morgan fingerprint density at radius 2 is 1.88 bits per heavy atom. The molecule has 7 nitrogen and oxygen atoms in total. The fourth-order valence-electron chi connectivity index (χ4n) is 4.33. The first kappa shape index (κ1) is 21.7. The number of halogens is 3. The van der Waals surface area contributed by atoms with Gasteiger partial charge in [0.15, 0.2) is 17.5 Å². The van der Waals surface area contributed by atoms with Crippen LogP contribution in [0.2, 0.25) is 0 Å². The second kappa shape index (κ2) is 8.36. The van der Waals surface area contributed by atoms with Gasteiger partial charge in [-0.05, 0) is 37.1 Å². The molecule has 1 fully saturated rings. The van der Waals surface area contributed by atoms with Gasteiger partial charge in [0.05, 0.1) is 17.6 Å². The van der Waals surface area contributed by atoms with Gasteiger partial charge < -0.3 is 15.2 Å². The monoisotopic (exact) mass is 467 g/mol. The lowest BCUT2D eigenvalue weighted by Crippen LogP contribution is -2.31. The van der Waals surface area contributed by atoms with Gasteiger partial charge in [-0.2, -0.15) is 5.10 Å². The molecule has 3 heterocycles. The maximum Gasteiger partial charge on any atom is 0.270 e. The normalized spacial score (nSPS) is 15.8. The highest BCUT2D eigenvalue weighted by atomic mass is 19.2. The molecule has 0 aliphatic carbocycles. The van der Waals surface area contributed by atoms with Gasteiger partial charge in [-0.25, -0.2) is 13.2 Å². The highest BCUT2D eigenvalue weighted by molar-refractivity contribution is 5.97. The number of H-pyrrole nitrogens is 2. The Bertz CT molecular complexity index is 1400. The summed E-state index contributed by atoms with van der Waals surface area (Å²) >= 11 is 0. The van der Waals surface area contributed by atoms with Crippen molar-refractivity contribution in [2.24, 2.45) is 5.92 Å². The summed E-state index contributed by atoms with van der Waals surface area (Å²) in [6.45, 7) is 2.50. The predicted molar refractivity (Wildman–Crippen MR) is 120 cm³/mol. The molecule has 0 saturated carbocycles. The minimum atomic E-state index is -1.60. The zero-order valence-corrected chi connectivity index (χ0v) is 18.1. The van der Waals surface area contributed by atoms with Crippen molar-refractivity contribution in [3.63, 3.8) is 0 Å². The molecule has 1 aliphatic rings. The highest BCUT2D eigenvalue weighted by Gasteiger charge is 2.32. The summed E-state index contributed by atoms with van der Waals surface area (Å²) < 4.78 is 39.9. The lowest BCUT2D eigenvalue weighted by molar-refractivity contribution is -0.119. The van der Waals surface area contributed by atoms with Crippen LogP contribution in [0.3, 0.4) is 0 Å². The van der Waals surface area contributed by atoms with E-state index in [0.717, 1.165) is 39.9 Å². The number of carbonyl (C=O) groups excluding carboxylic acids is 2. The van der Waals surface area contributed by atoms with Crippen LogP contribution in [0.4, 0.5) is 18.9 Å². The van der Waals surface area contributed by atoms with E-state index in [1.165, 1.54) is 0 Å². The molecule has 0 unspecified atom stereocenters. The number of nitrogens with zero attached hydrogens (tertiary/aromatic N) is 2. The first-order chi connectivity index (χ1) is 16.3. The molecule has 1 aliphatic heterocycles. The molecule has 10 heteroatoms. The summed E-state index contributed by atoms with van der Waals surface area (Å²) in [4.78, 5) is 30.3. The number of hydrogen-bond donors (Lipinski definition) is 3. The number of aryl methyl sites for hydroxylation is 1. The molecule has 1 atom stereocenters. The van der Waals surface area contributed by atoms with E-state index in [1.54, 1.807) is 17.2 Å². The van der Waals surface area contributed by atoms with Gasteiger partial charge in [0.2, 0.25) is 5.91 Å². The number of aromatic nitrogens is 3. The average molecular weight is 467 g/mol. The lowest BCUT2D eigenvalue weighted by atomic mass is 10.0. The number of aromatic amines is 2. The van der Waals surface area contributed by atoms with Crippen LogP contribution in [0.5, 0.6) is 0 Å². The third-order valence-corrected chi connectivity index (χ3v) is 6.20. The summed E-state index contributed by atoms with van der Waals surface area (Å²) in [5, 5.41) is 10.4. The summed E-state index contributed by atoms with van der Waals surface area (Å²) in [6.07, 6.45) is 2.15. The Kier molecular flexibility index (Phi) is 5.35. The van der Waals surface area contributed by atoms with E-state index in [0.29, 0.717) is 18.7 Å². The second-order valence-corrected chi connectivity index (χ2v) is 8.33. The lowest BCUT2D eigenvalue weighted by Gasteiger charge is -2.16. The molecule has 5 rings (SSSR count). The fraction of sp³-hybridized carbons (Fsp3) is 0.208. The van der Waals surface area contributed by atoms with E-state index in [2.05, 4.69) is 20.5 Å². The van der Waals surface area contributed by atoms with Crippen molar-refractivity contribution < 1.29 is 22.8 Å². The zero-order valence-electron chi connectivity index (χ0n) is 18.1. The summed E-state index contributed by atoms with van der Waals surface area (Å²) in [7, 11) is 0. The second-order valence-electron chi connectivity index (χ2n) is 8.33. The SMILES string of the molecule is Cc1c(-c2ccc(C(=O)N3CC[C@H](C(=O)Nc4cc(F)c(F)c(F)c4)C3)[nH]2)ccc2[nH]ncc12. The molecule has 0 radical (unpaired) electrons. The molecule has 174 valence electrons. The van der Waals surface area contributed by atoms with Crippen molar-refractivity contribution in [3.05, 3.63) is 71.3 Å². The molecule has 2 aromatic carbocycles. The number of benzene rings is 2. The third-order valence-electron chi connectivity index (χ3n) is 6.20. The van der Waals surface area contributed by atoms with Crippen molar-refractivity contribution in [3.8, 4) is 11.3 Å². The maximum absolute atomic E-state index is 13.4. The van der Waals surface area contributed by atoms with Gasteiger partial charge in [-0.1, -0.05) is 6.07 Å². The molecule has 4 aromatic rings. The molecule has 34 heavy (non-hydrogen) atoms. The number of rotatable bonds is 4. The molecule has 0 spiro atoms. The van der Waals surface area contributed by atoms with Crippen LogP contribution >= 0.6 is 0 Å². The first-order valence-corrected chi connectivity index (χ1v) is 10.7. The van der Waals surface area contributed by atoms with E-state index < -0.39 is 29.3 Å². The minimum absolute atomic E-state index is 0.158. The Labute approximate surface area is 192 Å². The van der Waals surface area contributed by atoms with Gasteiger partial charge in [0, 0.05) is 47.6 Å². The van der Waals surface area contributed by atoms with Crippen molar-refractivity contribution >= 4 is 28.4 Å². The quantitative estimate of drug-likeness (QED) is 0.389. The number of nitrogens with one attached hydrogen (secondary N) is 3. The van der Waals surface area contributed by atoms with Crippen LogP contribution in [-0.2, 0) is 4.79 Å². The topological polar surface area (TPSA) is 93.9 Å². The van der Waals surface area contributed by atoms with Crippen LogP contribution in [0.1, 0.15) is 22.5 Å². The van der Waals surface area contributed by atoms with Gasteiger partial charge in [0.1, 0.15) is 5.69 Å². The van der Waals surface area contributed by atoms with Gasteiger partial charge >= 0.3 is 0 Å². The van der Waals surface area contributed by atoms with Crippen molar-refractivity contribution in [1.29, 1.82) is 0 Å². The van der Waals surface area contributed by atoms with E-state index >= 15 is 0 Å². The molecule has 2 amide bonds.